The van der Waals surface area contributed by atoms with Gasteiger partial charge in [0.2, 0.25) is 0 Å². The molecule has 0 atom stereocenters. The van der Waals surface area contributed by atoms with Gasteiger partial charge in [-0.15, -0.1) is 16.4 Å². The van der Waals surface area contributed by atoms with Crippen LogP contribution in [0.25, 0.3) is 21.6 Å². The predicted octanol–water partition coefficient (Wildman–Crippen LogP) is 2.32. The number of rotatable bonds is 4. The highest BCUT2D eigenvalue weighted by Crippen LogP contribution is 2.27. The van der Waals surface area contributed by atoms with Gasteiger partial charge in [-0.2, -0.15) is 0 Å². The van der Waals surface area contributed by atoms with Crippen LogP contribution in [0.5, 0.6) is 0 Å². The van der Waals surface area contributed by atoms with Gasteiger partial charge in [0.25, 0.3) is 11.8 Å². The van der Waals surface area contributed by atoms with Gasteiger partial charge in [-0.05, 0) is 19.1 Å². The number of carbonyl (C=O) groups excluding carboxylic acids is 2. The average Bonchev–Trinajstić information content (AvgIpc) is 3.31. The second kappa shape index (κ2) is 7.57. The molecule has 2 aromatic carbocycles. The van der Waals surface area contributed by atoms with Crippen LogP contribution in [0.2, 0.25) is 0 Å². The molecule has 0 aliphatic rings. The molecule has 4 rings (SSSR count). The number of aromatic nitrogens is 4. The summed E-state index contributed by atoms with van der Waals surface area (Å²) in [6.07, 6.45) is 0. The summed E-state index contributed by atoms with van der Waals surface area (Å²) in [6.45, 7) is 1.71. The van der Waals surface area contributed by atoms with E-state index < -0.39 is 11.8 Å². The summed E-state index contributed by atoms with van der Waals surface area (Å²) < 4.78 is 1.47. The lowest BCUT2D eigenvalue weighted by Gasteiger charge is -2.07. The Morgan fingerprint density at radius 1 is 1.04 bits per heavy atom. The molecule has 28 heavy (non-hydrogen) atoms. The first-order valence-corrected chi connectivity index (χ1v) is 9.34. The Morgan fingerprint density at radius 3 is 2.61 bits per heavy atom. The number of aryl methyl sites for hydroxylation is 1. The highest BCUT2D eigenvalue weighted by Gasteiger charge is 2.17. The third-order valence-corrected chi connectivity index (χ3v) is 5.26. The van der Waals surface area contributed by atoms with Gasteiger partial charge < -0.3 is 0 Å². The van der Waals surface area contributed by atoms with E-state index >= 15 is 0 Å². The molecular weight excluding hydrogens is 376 g/mol. The van der Waals surface area contributed by atoms with Crippen LogP contribution < -0.4 is 10.9 Å². The predicted molar refractivity (Wildman–Crippen MR) is 105 cm³/mol. The van der Waals surface area contributed by atoms with Crippen LogP contribution in [-0.4, -0.2) is 31.8 Å². The number of amides is 2. The molecule has 2 N–H and O–H groups in total. The van der Waals surface area contributed by atoms with E-state index in [1.54, 1.807) is 6.92 Å². The molecule has 2 heterocycles. The van der Waals surface area contributed by atoms with Crippen LogP contribution in [0.15, 0.2) is 54.6 Å². The molecule has 0 spiro atoms. The van der Waals surface area contributed by atoms with Crippen molar-refractivity contribution in [3.05, 3.63) is 65.2 Å². The van der Waals surface area contributed by atoms with E-state index in [2.05, 4.69) is 26.1 Å². The van der Waals surface area contributed by atoms with Crippen molar-refractivity contribution in [2.45, 2.75) is 13.5 Å². The van der Waals surface area contributed by atoms with E-state index in [0.717, 1.165) is 16.1 Å². The molecule has 0 saturated heterocycles. The van der Waals surface area contributed by atoms with Crippen molar-refractivity contribution >= 4 is 34.2 Å². The van der Waals surface area contributed by atoms with Crippen molar-refractivity contribution < 1.29 is 9.59 Å². The van der Waals surface area contributed by atoms with Crippen LogP contribution in [0.3, 0.4) is 0 Å². The zero-order chi connectivity index (χ0) is 19.5. The van der Waals surface area contributed by atoms with E-state index in [0.29, 0.717) is 16.1 Å². The maximum absolute atomic E-state index is 12.4. The van der Waals surface area contributed by atoms with Crippen LogP contribution >= 0.6 is 11.3 Å². The van der Waals surface area contributed by atoms with E-state index in [4.69, 9.17) is 0 Å². The zero-order valence-electron chi connectivity index (χ0n) is 14.9. The van der Waals surface area contributed by atoms with Gasteiger partial charge in [0.15, 0.2) is 0 Å². The molecule has 0 fully saturated rings. The normalized spacial score (nSPS) is 10.8. The second-order valence-electron chi connectivity index (χ2n) is 6.04. The van der Waals surface area contributed by atoms with Crippen molar-refractivity contribution in [3.63, 3.8) is 0 Å². The number of fused-ring (bicyclic) bond motifs is 1. The van der Waals surface area contributed by atoms with Crippen molar-refractivity contribution in [1.29, 1.82) is 0 Å². The summed E-state index contributed by atoms with van der Waals surface area (Å²) in [7, 11) is 0. The summed E-state index contributed by atoms with van der Waals surface area (Å²) in [4.78, 5) is 29.5. The molecule has 8 nitrogen and oxygen atoms in total. The highest BCUT2D eigenvalue weighted by molar-refractivity contribution is 7.17. The smallest absolute Gasteiger partial charge is 0.271 e. The lowest BCUT2D eigenvalue weighted by Crippen LogP contribution is -2.43. The maximum atomic E-state index is 12.4. The molecule has 0 unspecified atom stereocenters. The van der Waals surface area contributed by atoms with Crippen molar-refractivity contribution in [1.82, 2.24) is 30.8 Å². The Hall–Kier alpha value is -3.59. The van der Waals surface area contributed by atoms with E-state index in [-0.39, 0.29) is 6.54 Å². The third-order valence-electron chi connectivity index (χ3n) is 4.05. The zero-order valence-corrected chi connectivity index (χ0v) is 15.7. The van der Waals surface area contributed by atoms with Crippen LogP contribution in [-0.2, 0) is 11.3 Å². The Morgan fingerprint density at radius 2 is 1.79 bits per heavy atom. The summed E-state index contributed by atoms with van der Waals surface area (Å²) in [5.41, 5.74) is 7.84. The standard InChI is InChI=1S/C19H16N6O2S/c1-12-17(28-19(20-12)13-7-3-2-4-8-13)18(27)23-22-16(26)11-25-15-10-6-5-9-14(15)21-24-25/h2-10H,11H2,1H3,(H,22,26)(H,23,27). The second-order valence-corrected chi connectivity index (χ2v) is 7.04. The topological polar surface area (TPSA) is 102 Å². The van der Waals surface area contributed by atoms with Crippen LogP contribution in [0, 0.1) is 6.92 Å². The molecule has 0 aliphatic carbocycles. The van der Waals surface area contributed by atoms with Gasteiger partial charge in [-0.1, -0.05) is 47.7 Å². The van der Waals surface area contributed by atoms with Gasteiger partial charge >= 0.3 is 0 Å². The first kappa shape index (κ1) is 17.8. The molecule has 0 aliphatic heterocycles. The Bertz CT molecular complexity index is 1150. The fourth-order valence-electron chi connectivity index (χ4n) is 2.70. The van der Waals surface area contributed by atoms with E-state index in [1.165, 1.54) is 16.0 Å². The van der Waals surface area contributed by atoms with Crippen molar-refractivity contribution in [3.8, 4) is 10.6 Å². The third kappa shape index (κ3) is 3.60. The highest BCUT2D eigenvalue weighted by atomic mass is 32.1. The molecule has 4 aromatic rings. The summed E-state index contributed by atoms with van der Waals surface area (Å²) in [5.74, 6) is -0.816. The number of nitrogens with one attached hydrogen (secondary N) is 2. The van der Waals surface area contributed by atoms with E-state index in [9.17, 15) is 9.59 Å². The Kier molecular flexibility index (Phi) is 4.81. The molecular formula is C19H16N6O2S. The fraction of sp³-hybridized carbons (Fsp3) is 0.105. The maximum Gasteiger partial charge on any atom is 0.281 e. The summed E-state index contributed by atoms with van der Waals surface area (Å²) >= 11 is 1.28. The molecule has 9 heteroatoms. The number of nitrogens with zero attached hydrogens (tertiary/aromatic N) is 4. The number of hydrazine groups is 1. The number of para-hydroxylation sites is 1. The van der Waals surface area contributed by atoms with Gasteiger partial charge in [-0.3, -0.25) is 20.4 Å². The van der Waals surface area contributed by atoms with Gasteiger partial charge in [0.1, 0.15) is 21.9 Å². The summed E-state index contributed by atoms with van der Waals surface area (Å²) in [6, 6.07) is 17.0. The Labute approximate surface area is 164 Å². The fourth-order valence-corrected chi connectivity index (χ4v) is 3.67. The minimum atomic E-state index is -0.408. The lowest BCUT2D eigenvalue weighted by atomic mass is 10.2. The van der Waals surface area contributed by atoms with Gasteiger partial charge in [-0.25, -0.2) is 9.67 Å². The molecule has 0 bridgehead atoms. The molecule has 140 valence electrons. The molecule has 0 saturated carbocycles. The first-order valence-electron chi connectivity index (χ1n) is 8.52. The Balaban J connectivity index is 1.40. The quantitative estimate of drug-likeness (QED) is 0.519. The number of hydrogen-bond acceptors (Lipinski definition) is 6. The van der Waals surface area contributed by atoms with Crippen molar-refractivity contribution in [2.75, 3.05) is 0 Å². The van der Waals surface area contributed by atoms with Crippen molar-refractivity contribution in [2.24, 2.45) is 0 Å². The molecule has 2 aromatic heterocycles. The average molecular weight is 392 g/mol. The number of hydrogen-bond donors (Lipinski definition) is 2. The van der Waals surface area contributed by atoms with E-state index in [1.807, 2.05) is 54.6 Å². The monoisotopic (exact) mass is 392 g/mol. The number of thiazole rings is 1. The van der Waals surface area contributed by atoms with Crippen LogP contribution in [0.4, 0.5) is 0 Å². The van der Waals surface area contributed by atoms with Gasteiger partial charge in [0.05, 0.1) is 11.2 Å². The summed E-state index contributed by atoms with van der Waals surface area (Å²) in [5, 5.41) is 8.71. The largest absolute Gasteiger partial charge is 0.281 e. The van der Waals surface area contributed by atoms with Crippen LogP contribution in [0.1, 0.15) is 15.4 Å². The first-order chi connectivity index (χ1) is 13.6. The lowest BCUT2D eigenvalue weighted by molar-refractivity contribution is -0.122. The SMILES string of the molecule is Cc1nc(-c2ccccc2)sc1C(=O)NNC(=O)Cn1nnc2ccccc21. The number of benzene rings is 2. The minimum Gasteiger partial charge on any atom is -0.271 e. The molecule has 0 radical (unpaired) electrons. The molecule has 2 amide bonds. The van der Waals surface area contributed by atoms with Gasteiger partial charge in [0, 0.05) is 5.56 Å². The minimum absolute atomic E-state index is 0.0578. The number of carbonyl (C=O) groups is 2.